The van der Waals surface area contributed by atoms with Crippen molar-refractivity contribution in [2.45, 2.75) is 25.3 Å². The van der Waals surface area contributed by atoms with Crippen LogP contribution >= 0.6 is 11.6 Å². The summed E-state index contributed by atoms with van der Waals surface area (Å²) in [7, 11) is -3.20. The molecule has 0 bridgehead atoms. The van der Waals surface area contributed by atoms with Gasteiger partial charge in [-0.05, 0) is 32.0 Å². The second-order valence-electron chi connectivity index (χ2n) is 4.53. The van der Waals surface area contributed by atoms with E-state index in [1.54, 1.807) is 13.8 Å². The molecule has 8 heteroatoms. The molecule has 114 valence electrons. The summed E-state index contributed by atoms with van der Waals surface area (Å²) in [5.74, 6) is -0.109. The van der Waals surface area contributed by atoms with Gasteiger partial charge in [-0.25, -0.2) is 8.42 Å². The highest BCUT2D eigenvalue weighted by molar-refractivity contribution is 7.92. The van der Waals surface area contributed by atoms with E-state index in [0.29, 0.717) is 0 Å². The fourth-order valence-corrected chi connectivity index (χ4v) is 2.50. The van der Waals surface area contributed by atoms with Gasteiger partial charge in [0.05, 0.1) is 27.3 Å². The largest absolute Gasteiger partial charge is 0.416 e. The quantitative estimate of drug-likeness (QED) is 0.898. The summed E-state index contributed by atoms with van der Waals surface area (Å²) in [5.41, 5.74) is -0.568. The molecule has 0 fully saturated rings. The molecule has 0 aliphatic rings. The Labute approximate surface area is 121 Å². The highest BCUT2D eigenvalue weighted by Crippen LogP contribution is 2.33. The number of sulfone groups is 1. The fraction of sp³-hybridized carbons (Fsp3) is 0.500. The number of benzene rings is 1. The lowest BCUT2D eigenvalue weighted by Crippen LogP contribution is -2.23. The molecule has 0 saturated heterocycles. The van der Waals surface area contributed by atoms with Gasteiger partial charge < -0.3 is 5.32 Å². The number of hydrogen-bond donors (Lipinski definition) is 1. The first-order chi connectivity index (χ1) is 9.04. The topological polar surface area (TPSA) is 46.2 Å². The first-order valence-corrected chi connectivity index (χ1v) is 7.95. The van der Waals surface area contributed by atoms with Crippen LogP contribution in [-0.2, 0) is 16.0 Å². The third kappa shape index (κ3) is 4.56. The predicted octanol–water partition coefficient (Wildman–Crippen LogP) is 3.59. The van der Waals surface area contributed by atoms with Crippen molar-refractivity contribution in [2.24, 2.45) is 0 Å². The van der Waals surface area contributed by atoms with Gasteiger partial charge in [0.2, 0.25) is 0 Å². The average molecular weight is 330 g/mol. The van der Waals surface area contributed by atoms with E-state index in [0.717, 1.165) is 12.1 Å². The highest BCUT2D eigenvalue weighted by atomic mass is 35.5. The van der Waals surface area contributed by atoms with E-state index < -0.39 is 26.8 Å². The first-order valence-electron chi connectivity index (χ1n) is 5.86. The van der Waals surface area contributed by atoms with Gasteiger partial charge in [0.25, 0.3) is 0 Å². The summed E-state index contributed by atoms with van der Waals surface area (Å²) in [5, 5.41) is 2.14. The zero-order chi connectivity index (χ0) is 15.6. The molecular formula is C12H15ClF3NO2S. The minimum atomic E-state index is -4.46. The molecule has 0 saturated carbocycles. The zero-order valence-electron chi connectivity index (χ0n) is 11.0. The van der Waals surface area contributed by atoms with Crippen molar-refractivity contribution in [3.8, 4) is 0 Å². The van der Waals surface area contributed by atoms with Gasteiger partial charge in [0.15, 0.2) is 9.84 Å². The van der Waals surface area contributed by atoms with E-state index >= 15 is 0 Å². The second-order valence-corrected chi connectivity index (χ2v) is 7.62. The second kappa shape index (κ2) is 6.22. The molecule has 1 rings (SSSR count). The van der Waals surface area contributed by atoms with Crippen molar-refractivity contribution in [2.75, 3.05) is 17.6 Å². The molecule has 1 aromatic carbocycles. The summed E-state index contributed by atoms with van der Waals surface area (Å²) in [6, 6.07) is 2.89. The molecule has 1 N–H and O–H groups in total. The van der Waals surface area contributed by atoms with Crippen LogP contribution in [0.1, 0.15) is 19.4 Å². The number of nitrogens with one attached hydrogen (secondary N) is 1. The smallest absolute Gasteiger partial charge is 0.383 e. The Morgan fingerprint density at radius 2 is 1.90 bits per heavy atom. The maximum atomic E-state index is 12.4. The summed E-state index contributed by atoms with van der Waals surface area (Å²) < 4.78 is 60.5. The van der Waals surface area contributed by atoms with Crippen LogP contribution in [0, 0.1) is 0 Å². The molecule has 0 unspecified atom stereocenters. The monoisotopic (exact) mass is 329 g/mol. The van der Waals surface area contributed by atoms with E-state index in [9.17, 15) is 21.6 Å². The lowest BCUT2D eigenvalue weighted by Gasteiger charge is -2.12. The van der Waals surface area contributed by atoms with Crippen LogP contribution in [0.15, 0.2) is 18.2 Å². The van der Waals surface area contributed by atoms with Crippen LogP contribution in [0.3, 0.4) is 0 Å². The number of alkyl halides is 3. The van der Waals surface area contributed by atoms with Crippen LogP contribution < -0.4 is 5.32 Å². The Morgan fingerprint density at radius 3 is 2.35 bits per heavy atom. The minimum absolute atomic E-state index is 0.0889. The molecular weight excluding hydrogens is 315 g/mol. The van der Waals surface area contributed by atoms with Gasteiger partial charge in [-0.2, -0.15) is 13.2 Å². The molecule has 0 aliphatic carbocycles. The third-order valence-electron chi connectivity index (χ3n) is 2.72. The number of anilines is 1. The number of hydrogen-bond acceptors (Lipinski definition) is 3. The molecule has 0 radical (unpaired) electrons. The van der Waals surface area contributed by atoms with Gasteiger partial charge in [-0.15, -0.1) is 0 Å². The van der Waals surface area contributed by atoms with Crippen molar-refractivity contribution in [3.63, 3.8) is 0 Å². The van der Waals surface area contributed by atoms with Crippen molar-refractivity contribution in [1.82, 2.24) is 0 Å². The minimum Gasteiger partial charge on any atom is -0.383 e. The maximum Gasteiger partial charge on any atom is 0.416 e. The molecule has 20 heavy (non-hydrogen) atoms. The van der Waals surface area contributed by atoms with Gasteiger partial charge in [0, 0.05) is 6.54 Å². The third-order valence-corrected chi connectivity index (χ3v) is 5.24. The Morgan fingerprint density at radius 1 is 1.30 bits per heavy atom. The molecule has 0 aromatic heterocycles. The van der Waals surface area contributed by atoms with Crippen molar-refractivity contribution in [3.05, 3.63) is 28.8 Å². The van der Waals surface area contributed by atoms with Crippen molar-refractivity contribution in [1.29, 1.82) is 0 Å². The average Bonchev–Trinajstić information content (AvgIpc) is 2.29. The van der Waals surface area contributed by atoms with Crippen LogP contribution in [0.5, 0.6) is 0 Å². The van der Waals surface area contributed by atoms with E-state index in [-0.39, 0.29) is 23.0 Å². The van der Waals surface area contributed by atoms with Crippen LogP contribution in [0.4, 0.5) is 18.9 Å². The molecule has 0 heterocycles. The van der Waals surface area contributed by atoms with Crippen LogP contribution in [0.25, 0.3) is 0 Å². The van der Waals surface area contributed by atoms with E-state index in [2.05, 4.69) is 5.32 Å². The number of halogens is 4. The summed E-state index contributed by atoms with van der Waals surface area (Å²) in [6.07, 6.45) is -4.46. The normalized spacial score (nSPS) is 12.8. The Balaban J connectivity index is 2.72. The first kappa shape index (κ1) is 17.1. The molecule has 0 atom stereocenters. The van der Waals surface area contributed by atoms with Gasteiger partial charge >= 0.3 is 6.18 Å². The standard InChI is InChI=1S/C12H15ClF3NO2S/c1-8(2)20(18,19)6-5-17-11-4-3-9(7-10(11)13)12(14,15)16/h3-4,7-8,17H,5-6H2,1-2H3. The van der Waals surface area contributed by atoms with Crippen molar-refractivity contribution < 1.29 is 21.6 Å². The van der Waals surface area contributed by atoms with Gasteiger partial charge in [-0.3, -0.25) is 0 Å². The lowest BCUT2D eigenvalue weighted by molar-refractivity contribution is -0.137. The summed E-state index contributed by atoms with van der Waals surface area (Å²) >= 11 is 5.74. The SMILES string of the molecule is CC(C)S(=O)(=O)CCNc1ccc(C(F)(F)F)cc1Cl. The molecule has 0 aliphatic heterocycles. The fourth-order valence-electron chi connectivity index (χ4n) is 1.40. The molecule has 0 amide bonds. The predicted molar refractivity (Wildman–Crippen MR) is 73.9 cm³/mol. The van der Waals surface area contributed by atoms with E-state index in [1.807, 2.05) is 0 Å². The van der Waals surface area contributed by atoms with E-state index in [1.165, 1.54) is 6.07 Å². The molecule has 1 aromatic rings. The maximum absolute atomic E-state index is 12.4. The molecule has 3 nitrogen and oxygen atoms in total. The zero-order valence-corrected chi connectivity index (χ0v) is 12.5. The summed E-state index contributed by atoms with van der Waals surface area (Å²) in [6.45, 7) is 3.23. The van der Waals surface area contributed by atoms with Gasteiger partial charge in [0.1, 0.15) is 0 Å². The lowest BCUT2D eigenvalue weighted by atomic mass is 10.2. The Kier molecular flexibility index (Phi) is 5.32. The molecule has 0 spiro atoms. The Hall–Kier alpha value is -0.950. The van der Waals surface area contributed by atoms with Crippen LogP contribution in [0.2, 0.25) is 5.02 Å². The van der Waals surface area contributed by atoms with Gasteiger partial charge in [-0.1, -0.05) is 11.6 Å². The highest BCUT2D eigenvalue weighted by Gasteiger charge is 2.30. The van der Waals surface area contributed by atoms with Crippen molar-refractivity contribution >= 4 is 27.1 Å². The van der Waals surface area contributed by atoms with Crippen LogP contribution in [-0.4, -0.2) is 26.0 Å². The van der Waals surface area contributed by atoms with E-state index in [4.69, 9.17) is 11.6 Å². The summed E-state index contributed by atoms with van der Waals surface area (Å²) in [4.78, 5) is 0. The number of rotatable bonds is 5. The Bertz CT molecular complexity index is 571.